The maximum atomic E-state index is 13.6. The zero-order valence-corrected chi connectivity index (χ0v) is 12.3. The minimum atomic E-state index is -3.99. The molecule has 7 heteroatoms. The Hall–Kier alpha value is -1.47. The standard InChI is InChI=1S/C12H10BrFN2O2S/c1-8-2-3-10(14)11(6-8)19(17,18)16-12-7-9(13)4-5-15-12/h2-7H,1H3,(H,15,16). The summed E-state index contributed by atoms with van der Waals surface area (Å²) >= 11 is 3.20. The molecule has 1 heterocycles. The number of aromatic nitrogens is 1. The van der Waals surface area contributed by atoms with E-state index in [-0.39, 0.29) is 5.82 Å². The van der Waals surface area contributed by atoms with Crippen LogP contribution in [0.25, 0.3) is 0 Å². The monoisotopic (exact) mass is 344 g/mol. The van der Waals surface area contributed by atoms with Gasteiger partial charge in [0.25, 0.3) is 10.0 Å². The van der Waals surface area contributed by atoms with Gasteiger partial charge in [0.15, 0.2) is 0 Å². The number of nitrogens with zero attached hydrogens (tertiary/aromatic N) is 1. The summed E-state index contributed by atoms with van der Waals surface area (Å²) in [6.45, 7) is 1.69. The first kappa shape index (κ1) is 14.0. The zero-order chi connectivity index (χ0) is 14.0. The summed E-state index contributed by atoms with van der Waals surface area (Å²) in [5.74, 6) is -0.677. The highest BCUT2D eigenvalue weighted by atomic mass is 79.9. The van der Waals surface area contributed by atoms with E-state index in [0.717, 1.165) is 6.07 Å². The van der Waals surface area contributed by atoms with Crippen LogP contribution in [0, 0.1) is 12.7 Å². The van der Waals surface area contributed by atoms with Crippen molar-refractivity contribution in [3.05, 3.63) is 52.4 Å². The first-order chi connectivity index (χ1) is 8.88. The molecule has 2 rings (SSSR count). The molecule has 19 heavy (non-hydrogen) atoms. The van der Waals surface area contributed by atoms with Crippen molar-refractivity contribution in [2.45, 2.75) is 11.8 Å². The predicted molar refractivity (Wildman–Crippen MR) is 73.9 cm³/mol. The Balaban J connectivity index is 2.40. The van der Waals surface area contributed by atoms with Crippen molar-refractivity contribution in [3.8, 4) is 0 Å². The molecule has 0 amide bonds. The molecule has 2 aromatic rings. The summed E-state index contributed by atoms with van der Waals surface area (Å²) in [6, 6.07) is 7.05. The lowest BCUT2D eigenvalue weighted by molar-refractivity contribution is 0.569. The summed E-state index contributed by atoms with van der Waals surface area (Å²) in [6.07, 6.45) is 1.44. The third-order valence-corrected chi connectivity index (χ3v) is 4.20. The highest BCUT2D eigenvalue weighted by Crippen LogP contribution is 2.20. The molecule has 100 valence electrons. The van der Waals surface area contributed by atoms with Gasteiger partial charge in [-0.25, -0.2) is 17.8 Å². The number of pyridine rings is 1. The number of rotatable bonds is 3. The fourth-order valence-electron chi connectivity index (χ4n) is 1.47. The van der Waals surface area contributed by atoms with E-state index in [1.165, 1.54) is 24.4 Å². The topological polar surface area (TPSA) is 59.1 Å². The molecular weight excluding hydrogens is 335 g/mol. The summed E-state index contributed by atoms with van der Waals surface area (Å²) in [5, 5.41) is 0. The number of hydrogen-bond acceptors (Lipinski definition) is 3. The Bertz CT molecular complexity index is 719. The van der Waals surface area contributed by atoms with Gasteiger partial charge in [-0.2, -0.15) is 0 Å². The Morgan fingerprint density at radius 1 is 1.26 bits per heavy atom. The van der Waals surface area contributed by atoms with Crippen LogP contribution in [0.2, 0.25) is 0 Å². The summed E-state index contributed by atoms with van der Waals surface area (Å²) in [5.41, 5.74) is 0.656. The van der Waals surface area contributed by atoms with E-state index in [2.05, 4.69) is 25.6 Å². The number of anilines is 1. The van der Waals surface area contributed by atoms with Crippen LogP contribution >= 0.6 is 15.9 Å². The fraction of sp³-hybridized carbons (Fsp3) is 0.0833. The lowest BCUT2D eigenvalue weighted by Crippen LogP contribution is -2.15. The Kier molecular flexibility index (Phi) is 3.86. The van der Waals surface area contributed by atoms with Crippen molar-refractivity contribution >= 4 is 31.8 Å². The zero-order valence-electron chi connectivity index (χ0n) is 9.89. The molecule has 0 aliphatic heterocycles. The molecule has 0 aliphatic rings. The number of nitrogens with one attached hydrogen (secondary N) is 1. The molecule has 1 aromatic heterocycles. The van der Waals surface area contributed by atoms with Gasteiger partial charge in [-0.05, 0) is 36.8 Å². The molecule has 0 atom stereocenters. The number of sulfonamides is 1. The molecule has 0 bridgehead atoms. The highest BCUT2D eigenvalue weighted by Gasteiger charge is 2.19. The first-order valence-electron chi connectivity index (χ1n) is 5.29. The summed E-state index contributed by atoms with van der Waals surface area (Å²) in [4.78, 5) is 3.47. The number of benzene rings is 1. The molecule has 4 nitrogen and oxygen atoms in total. The maximum Gasteiger partial charge on any atom is 0.265 e. The lowest BCUT2D eigenvalue weighted by atomic mass is 10.2. The van der Waals surface area contributed by atoms with Crippen LogP contribution in [-0.2, 0) is 10.0 Å². The van der Waals surface area contributed by atoms with Crippen molar-refractivity contribution in [2.75, 3.05) is 4.72 Å². The van der Waals surface area contributed by atoms with E-state index < -0.39 is 20.7 Å². The quantitative estimate of drug-likeness (QED) is 0.930. The molecule has 1 N–H and O–H groups in total. The normalized spacial score (nSPS) is 11.3. The van der Waals surface area contributed by atoms with Gasteiger partial charge in [0, 0.05) is 10.7 Å². The van der Waals surface area contributed by atoms with Crippen molar-refractivity contribution in [3.63, 3.8) is 0 Å². The number of halogens is 2. The molecule has 0 radical (unpaired) electrons. The van der Waals surface area contributed by atoms with E-state index in [1.54, 1.807) is 13.0 Å². The summed E-state index contributed by atoms with van der Waals surface area (Å²) < 4.78 is 40.7. The predicted octanol–water partition coefficient (Wildman–Crippen LogP) is 3.09. The van der Waals surface area contributed by atoms with Gasteiger partial charge in [-0.1, -0.05) is 22.0 Å². The van der Waals surface area contributed by atoms with Gasteiger partial charge in [0.2, 0.25) is 0 Å². The molecule has 0 saturated carbocycles. The molecule has 1 aromatic carbocycles. The van der Waals surface area contributed by atoms with Gasteiger partial charge in [0.05, 0.1) is 0 Å². The van der Waals surface area contributed by atoms with E-state index in [0.29, 0.717) is 10.0 Å². The fourth-order valence-corrected chi connectivity index (χ4v) is 2.97. The second-order valence-corrected chi connectivity index (χ2v) is 6.47. The SMILES string of the molecule is Cc1ccc(F)c(S(=O)(=O)Nc2cc(Br)ccn2)c1. The molecule has 0 unspecified atom stereocenters. The number of aryl methyl sites for hydroxylation is 1. The third-order valence-electron chi connectivity index (χ3n) is 2.34. The molecule has 0 spiro atoms. The minimum Gasteiger partial charge on any atom is -0.263 e. The van der Waals surface area contributed by atoms with Crippen molar-refractivity contribution in [1.82, 2.24) is 4.98 Å². The smallest absolute Gasteiger partial charge is 0.263 e. The van der Waals surface area contributed by atoms with Crippen LogP contribution < -0.4 is 4.72 Å². The Morgan fingerprint density at radius 2 is 2.00 bits per heavy atom. The van der Waals surface area contributed by atoms with Crippen LogP contribution in [0.3, 0.4) is 0 Å². The van der Waals surface area contributed by atoms with Gasteiger partial charge in [0.1, 0.15) is 16.5 Å². The van der Waals surface area contributed by atoms with Crippen molar-refractivity contribution in [2.24, 2.45) is 0 Å². The van der Waals surface area contributed by atoms with Gasteiger partial charge < -0.3 is 0 Å². The Labute approximate surface area is 118 Å². The molecular formula is C12H10BrFN2O2S. The second-order valence-electron chi connectivity index (χ2n) is 3.90. The lowest BCUT2D eigenvalue weighted by Gasteiger charge is -2.09. The van der Waals surface area contributed by atoms with E-state index in [1.807, 2.05) is 0 Å². The van der Waals surface area contributed by atoms with E-state index in [4.69, 9.17) is 0 Å². The third kappa shape index (κ3) is 3.30. The van der Waals surface area contributed by atoms with Crippen LogP contribution in [0.15, 0.2) is 45.9 Å². The first-order valence-corrected chi connectivity index (χ1v) is 7.56. The van der Waals surface area contributed by atoms with E-state index in [9.17, 15) is 12.8 Å². The van der Waals surface area contributed by atoms with Gasteiger partial charge in [-0.15, -0.1) is 0 Å². The van der Waals surface area contributed by atoms with Crippen molar-refractivity contribution < 1.29 is 12.8 Å². The molecule has 0 aliphatic carbocycles. The molecule has 0 saturated heterocycles. The van der Waals surface area contributed by atoms with Crippen LogP contribution in [0.5, 0.6) is 0 Å². The largest absolute Gasteiger partial charge is 0.265 e. The van der Waals surface area contributed by atoms with Crippen LogP contribution in [0.4, 0.5) is 10.2 Å². The average Bonchev–Trinajstić information content (AvgIpc) is 2.31. The number of hydrogen-bond donors (Lipinski definition) is 1. The van der Waals surface area contributed by atoms with Gasteiger partial charge in [-0.3, -0.25) is 4.72 Å². The van der Waals surface area contributed by atoms with Gasteiger partial charge >= 0.3 is 0 Å². The highest BCUT2D eigenvalue weighted by molar-refractivity contribution is 9.10. The molecule has 0 fully saturated rings. The van der Waals surface area contributed by atoms with Crippen LogP contribution in [0.1, 0.15) is 5.56 Å². The van der Waals surface area contributed by atoms with Crippen LogP contribution in [-0.4, -0.2) is 13.4 Å². The van der Waals surface area contributed by atoms with E-state index >= 15 is 0 Å². The Morgan fingerprint density at radius 3 is 2.68 bits per heavy atom. The second kappa shape index (κ2) is 5.26. The summed E-state index contributed by atoms with van der Waals surface area (Å²) in [7, 11) is -3.99. The minimum absolute atomic E-state index is 0.121. The average molecular weight is 345 g/mol. The van der Waals surface area contributed by atoms with Crippen molar-refractivity contribution in [1.29, 1.82) is 0 Å². The maximum absolute atomic E-state index is 13.6.